The molecule has 0 saturated heterocycles. The van der Waals surface area contributed by atoms with Crippen LogP contribution in [0, 0.1) is 0 Å². The third kappa shape index (κ3) is 15.6. The molecule has 2 rings (SSSR count). The average molecular weight is 649 g/mol. The predicted octanol–water partition coefficient (Wildman–Crippen LogP) is 14.1. The van der Waals surface area contributed by atoms with E-state index in [9.17, 15) is 9.59 Å². The van der Waals surface area contributed by atoms with Gasteiger partial charge < -0.3 is 0 Å². The SMILES string of the molecule is CC(C)=CCC/C(C)=C/CC/C(C)=C/CC/C(C)=C\CC/C(C)=C/CC/C(C)=C/CC/C(C)=C/CC1=C(C)C(=O)c2ccccc2C1=O. The Kier molecular flexibility index (Phi) is 18.8. The summed E-state index contributed by atoms with van der Waals surface area (Å²) in [6.45, 7) is 19.6. The third-order valence-electron chi connectivity index (χ3n) is 9.39. The maximum absolute atomic E-state index is 13.0. The fraction of sp³-hybridized carbons (Fsp3) is 0.478. The Hall–Kier alpha value is -3.52. The van der Waals surface area contributed by atoms with Crippen molar-refractivity contribution >= 4 is 11.6 Å². The summed E-state index contributed by atoms with van der Waals surface area (Å²) in [5.74, 6) is -0.0311. The summed E-state index contributed by atoms with van der Waals surface area (Å²) in [7, 11) is 0. The molecule has 260 valence electrons. The smallest absolute Gasteiger partial charge is 0.190 e. The van der Waals surface area contributed by atoms with Crippen LogP contribution >= 0.6 is 0 Å². The van der Waals surface area contributed by atoms with Crippen molar-refractivity contribution in [3.63, 3.8) is 0 Å². The largest absolute Gasteiger partial charge is 0.289 e. The summed E-state index contributed by atoms with van der Waals surface area (Å²) in [5.41, 5.74) is 12.4. The summed E-state index contributed by atoms with van der Waals surface area (Å²) < 4.78 is 0. The molecule has 1 aliphatic carbocycles. The molecule has 0 radical (unpaired) electrons. The number of rotatable bonds is 20. The number of fused-ring (bicyclic) bond motifs is 1. The van der Waals surface area contributed by atoms with Gasteiger partial charge in [-0.1, -0.05) is 106 Å². The van der Waals surface area contributed by atoms with Crippen LogP contribution in [0.15, 0.2) is 117 Å². The highest BCUT2D eigenvalue weighted by molar-refractivity contribution is 6.26. The standard InChI is InChI=1S/C46H64O2/c1-34(2)18-12-19-35(3)20-13-21-36(4)22-14-23-37(5)24-15-25-38(6)26-16-27-39(7)28-17-29-40(8)32-33-42-41(9)45(47)43-30-10-11-31-44(43)46(42)48/h10-11,18,20,22,24,26,28,30-32H,12-17,19,21,23,25,27,29,33H2,1-9H3/b35-20+,36-22+,37-24-,38-26+,39-28+,40-32+. The molecule has 0 saturated carbocycles. The zero-order valence-electron chi connectivity index (χ0n) is 31.9. The van der Waals surface area contributed by atoms with Gasteiger partial charge in [-0.25, -0.2) is 0 Å². The van der Waals surface area contributed by atoms with Gasteiger partial charge in [0.2, 0.25) is 0 Å². The lowest BCUT2D eigenvalue weighted by atomic mass is 9.83. The molecular formula is C46H64O2. The summed E-state index contributed by atoms with van der Waals surface area (Å²) in [5, 5.41) is 0. The molecule has 2 heteroatoms. The van der Waals surface area contributed by atoms with E-state index < -0.39 is 0 Å². The van der Waals surface area contributed by atoms with Crippen LogP contribution in [0.25, 0.3) is 0 Å². The fourth-order valence-corrected chi connectivity index (χ4v) is 6.01. The minimum atomic E-state index is -0.0228. The molecule has 0 aromatic heterocycles. The maximum atomic E-state index is 13.0. The van der Waals surface area contributed by atoms with Gasteiger partial charge in [0, 0.05) is 22.3 Å². The van der Waals surface area contributed by atoms with Crippen LogP contribution in [0.5, 0.6) is 0 Å². The van der Waals surface area contributed by atoms with E-state index in [1.54, 1.807) is 19.1 Å². The maximum Gasteiger partial charge on any atom is 0.190 e. The van der Waals surface area contributed by atoms with Gasteiger partial charge in [0.25, 0.3) is 0 Å². The minimum absolute atomic E-state index is 0.00832. The lowest BCUT2D eigenvalue weighted by Crippen LogP contribution is -2.20. The van der Waals surface area contributed by atoms with Crippen molar-refractivity contribution in [1.29, 1.82) is 0 Å². The molecule has 0 bridgehead atoms. The van der Waals surface area contributed by atoms with Crippen molar-refractivity contribution in [2.24, 2.45) is 0 Å². The van der Waals surface area contributed by atoms with Gasteiger partial charge in [0.1, 0.15) is 0 Å². The Morgan fingerprint density at radius 2 is 0.771 bits per heavy atom. The number of benzene rings is 1. The van der Waals surface area contributed by atoms with Crippen molar-refractivity contribution in [3.8, 4) is 0 Å². The summed E-state index contributed by atoms with van der Waals surface area (Å²) in [6.07, 6.45) is 30.4. The number of hydrogen-bond donors (Lipinski definition) is 0. The molecule has 2 nitrogen and oxygen atoms in total. The first-order valence-corrected chi connectivity index (χ1v) is 18.3. The predicted molar refractivity (Wildman–Crippen MR) is 210 cm³/mol. The molecule has 0 unspecified atom stereocenters. The van der Waals surface area contributed by atoms with Crippen LogP contribution in [0.2, 0.25) is 0 Å². The molecule has 1 aliphatic rings. The van der Waals surface area contributed by atoms with E-state index in [4.69, 9.17) is 0 Å². The van der Waals surface area contributed by atoms with Crippen LogP contribution in [0.3, 0.4) is 0 Å². The summed E-state index contributed by atoms with van der Waals surface area (Å²) in [6, 6.07) is 7.15. The van der Waals surface area contributed by atoms with Crippen LogP contribution in [-0.2, 0) is 0 Å². The quantitative estimate of drug-likeness (QED) is 0.132. The van der Waals surface area contributed by atoms with Crippen molar-refractivity contribution in [2.75, 3.05) is 0 Å². The van der Waals surface area contributed by atoms with Crippen molar-refractivity contribution < 1.29 is 9.59 Å². The van der Waals surface area contributed by atoms with E-state index in [0.717, 1.165) is 64.2 Å². The molecule has 0 fully saturated rings. The van der Waals surface area contributed by atoms with E-state index in [0.29, 0.717) is 28.7 Å². The average Bonchev–Trinajstić information content (AvgIpc) is 3.03. The van der Waals surface area contributed by atoms with Gasteiger partial charge >= 0.3 is 0 Å². The van der Waals surface area contributed by atoms with Crippen molar-refractivity contribution in [3.05, 3.63) is 128 Å². The Labute approximate surface area is 294 Å². The van der Waals surface area contributed by atoms with Gasteiger partial charge in [-0.15, -0.1) is 0 Å². The number of allylic oxidation sites excluding steroid dienone is 16. The van der Waals surface area contributed by atoms with E-state index in [-0.39, 0.29) is 11.6 Å². The van der Waals surface area contributed by atoms with Gasteiger partial charge in [0.05, 0.1) is 0 Å². The first kappa shape index (κ1) is 40.7. The van der Waals surface area contributed by atoms with Crippen LogP contribution < -0.4 is 0 Å². The molecule has 0 aliphatic heterocycles. The monoisotopic (exact) mass is 648 g/mol. The van der Waals surface area contributed by atoms with Gasteiger partial charge in [-0.05, 0) is 146 Å². The second-order valence-electron chi connectivity index (χ2n) is 14.3. The molecule has 1 aromatic rings. The van der Waals surface area contributed by atoms with Gasteiger partial charge in [-0.2, -0.15) is 0 Å². The van der Waals surface area contributed by atoms with Crippen molar-refractivity contribution in [1.82, 2.24) is 0 Å². The Morgan fingerprint density at radius 1 is 0.458 bits per heavy atom. The third-order valence-corrected chi connectivity index (χ3v) is 9.39. The number of carbonyl (C=O) groups excluding carboxylic acids is 2. The molecule has 0 amide bonds. The first-order valence-electron chi connectivity index (χ1n) is 18.3. The van der Waals surface area contributed by atoms with E-state index >= 15 is 0 Å². The molecule has 1 aromatic carbocycles. The summed E-state index contributed by atoms with van der Waals surface area (Å²) in [4.78, 5) is 25.7. The van der Waals surface area contributed by atoms with Crippen LogP contribution in [0.4, 0.5) is 0 Å². The number of ketones is 2. The van der Waals surface area contributed by atoms with Gasteiger partial charge in [-0.3, -0.25) is 9.59 Å². The van der Waals surface area contributed by atoms with E-state index in [2.05, 4.69) is 97.9 Å². The normalized spacial score (nSPS) is 15.4. The highest BCUT2D eigenvalue weighted by atomic mass is 16.1. The Bertz CT molecular complexity index is 1490. The van der Waals surface area contributed by atoms with Crippen LogP contribution in [-0.4, -0.2) is 11.6 Å². The second kappa shape index (κ2) is 22.2. The Balaban J connectivity index is 1.65. The second-order valence-corrected chi connectivity index (χ2v) is 14.3. The highest BCUT2D eigenvalue weighted by Crippen LogP contribution is 2.28. The lowest BCUT2D eigenvalue weighted by Gasteiger charge is -2.18. The fourth-order valence-electron chi connectivity index (χ4n) is 6.01. The first-order chi connectivity index (χ1) is 22.9. The van der Waals surface area contributed by atoms with Crippen LogP contribution in [0.1, 0.15) is 167 Å². The molecule has 0 heterocycles. The zero-order valence-corrected chi connectivity index (χ0v) is 31.9. The lowest BCUT2D eigenvalue weighted by molar-refractivity contribution is 0.0973. The van der Waals surface area contributed by atoms with Gasteiger partial charge in [0.15, 0.2) is 11.6 Å². The molecular weight excluding hydrogens is 585 g/mol. The number of Topliss-reactive ketones (excluding diaryl/α,β-unsaturated/α-hetero) is 2. The zero-order chi connectivity index (χ0) is 35.5. The molecule has 0 spiro atoms. The van der Waals surface area contributed by atoms with Crippen molar-refractivity contribution in [2.45, 2.75) is 146 Å². The molecule has 0 N–H and O–H groups in total. The number of hydrogen-bond acceptors (Lipinski definition) is 2. The molecule has 0 atom stereocenters. The molecule has 48 heavy (non-hydrogen) atoms. The highest BCUT2D eigenvalue weighted by Gasteiger charge is 2.28. The van der Waals surface area contributed by atoms with E-state index in [1.165, 1.54) is 51.9 Å². The van der Waals surface area contributed by atoms with E-state index in [1.807, 2.05) is 12.1 Å². The minimum Gasteiger partial charge on any atom is -0.289 e. The topological polar surface area (TPSA) is 34.1 Å². The Morgan fingerprint density at radius 3 is 1.12 bits per heavy atom. The summed E-state index contributed by atoms with van der Waals surface area (Å²) >= 11 is 0. The number of carbonyl (C=O) groups is 2.